The molecular weight excluding hydrogens is 420 g/mol. The molecule has 1 aromatic heterocycles. The van der Waals surface area contributed by atoms with Crippen molar-refractivity contribution in [1.29, 1.82) is 0 Å². The highest BCUT2D eigenvalue weighted by Gasteiger charge is 2.27. The van der Waals surface area contributed by atoms with Gasteiger partial charge in [-0.1, -0.05) is 38.0 Å². The molecule has 3 aromatic rings. The average Bonchev–Trinajstić information content (AvgIpc) is 2.81. The molecule has 8 nitrogen and oxygen atoms in total. The molecule has 0 spiro atoms. The second-order valence-electron chi connectivity index (χ2n) is 8.18. The smallest absolute Gasteiger partial charge is 0.273 e. The minimum atomic E-state index is -0.494. The van der Waals surface area contributed by atoms with Gasteiger partial charge in [0.15, 0.2) is 0 Å². The molecule has 1 atom stereocenters. The molecule has 0 N–H and O–H groups in total. The lowest BCUT2D eigenvalue weighted by atomic mass is 10.1. The van der Waals surface area contributed by atoms with Crippen LogP contribution in [0.2, 0.25) is 0 Å². The van der Waals surface area contributed by atoms with Gasteiger partial charge in [-0.05, 0) is 45.4 Å². The topological polar surface area (TPSA) is 98.3 Å². The van der Waals surface area contributed by atoms with Crippen molar-refractivity contribution in [3.63, 3.8) is 0 Å². The van der Waals surface area contributed by atoms with Gasteiger partial charge in [-0.2, -0.15) is 0 Å². The maximum atomic E-state index is 13.6. The van der Waals surface area contributed by atoms with Crippen molar-refractivity contribution in [2.75, 3.05) is 6.54 Å². The van der Waals surface area contributed by atoms with Crippen molar-refractivity contribution in [2.45, 2.75) is 59.5 Å². The number of rotatable bonds is 9. The van der Waals surface area contributed by atoms with Gasteiger partial charge in [0.1, 0.15) is 5.82 Å². The fourth-order valence-corrected chi connectivity index (χ4v) is 4.06. The number of carbonyl (C=O) groups excluding carboxylic acids is 1. The lowest BCUT2D eigenvalue weighted by Crippen LogP contribution is -2.38. The van der Waals surface area contributed by atoms with E-state index in [1.165, 1.54) is 6.07 Å². The van der Waals surface area contributed by atoms with Gasteiger partial charge >= 0.3 is 0 Å². The van der Waals surface area contributed by atoms with Crippen LogP contribution in [0.4, 0.5) is 5.69 Å². The molecule has 0 radical (unpaired) electrons. The molecule has 0 aliphatic carbocycles. The zero-order chi connectivity index (χ0) is 24.1. The summed E-state index contributed by atoms with van der Waals surface area (Å²) in [5.74, 6) is 0.194. The van der Waals surface area contributed by atoms with Crippen LogP contribution in [0, 0.1) is 17.0 Å². The SMILES string of the molecule is CCCCCN(C(=O)c1ccc(C)c([N+](=O)[O-])c1)C(C)c1nc2ccccc2c(=O)n1CC. The summed E-state index contributed by atoms with van der Waals surface area (Å²) < 4.78 is 1.60. The number of unbranched alkanes of at least 4 members (excludes halogenated alkanes) is 2. The Labute approximate surface area is 193 Å². The second kappa shape index (κ2) is 10.4. The minimum Gasteiger partial charge on any atom is -0.329 e. The van der Waals surface area contributed by atoms with Crippen molar-refractivity contribution in [2.24, 2.45) is 0 Å². The second-order valence-corrected chi connectivity index (χ2v) is 8.18. The number of hydrogen-bond acceptors (Lipinski definition) is 5. The fraction of sp³-hybridized carbons (Fsp3) is 0.400. The number of aromatic nitrogens is 2. The molecule has 174 valence electrons. The summed E-state index contributed by atoms with van der Waals surface area (Å²) in [7, 11) is 0. The largest absolute Gasteiger partial charge is 0.329 e. The summed E-state index contributed by atoms with van der Waals surface area (Å²) >= 11 is 0. The first-order chi connectivity index (χ1) is 15.8. The Hall–Kier alpha value is -3.55. The Kier molecular flexibility index (Phi) is 7.58. The highest BCUT2D eigenvalue weighted by atomic mass is 16.6. The lowest BCUT2D eigenvalue weighted by molar-refractivity contribution is -0.385. The van der Waals surface area contributed by atoms with Crippen molar-refractivity contribution in [1.82, 2.24) is 14.5 Å². The third-order valence-corrected chi connectivity index (χ3v) is 5.96. The van der Waals surface area contributed by atoms with E-state index in [1.54, 1.807) is 46.7 Å². The van der Waals surface area contributed by atoms with Crippen LogP contribution < -0.4 is 5.56 Å². The average molecular weight is 451 g/mol. The van der Waals surface area contributed by atoms with E-state index in [-0.39, 0.29) is 22.7 Å². The number of amides is 1. The summed E-state index contributed by atoms with van der Waals surface area (Å²) in [4.78, 5) is 44.0. The molecule has 0 bridgehead atoms. The van der Waals surface area contributed by atoms with Gasteiger partial charge in [-0.25, -0.2) is 4.98 Å². The van der Waals surface area contributed by atoms with Crippen LogP contribution in [-0.2, 0) is 6.54 Å². The Morgan fingerprint density at radius 2 is 1.91 bits per heavy atom. The summed E-state index contributed by atoms with van der Waals surface area (Å²) in [6.45, 7) is 8.34. The molecule has 0 saturated heterocycles. The number of fused-ring (bicyclic) bond motifs is 1. The standard InChI is InChI=1S/C25H30N4O4/c1-5-7-10-15-28(24(30)19-14-13-17(3)22(16-19)29(32)33)18(4)23-26-21-12-9-8-11-20(21)25(31)27(23)6-2/h8-9,11-14,16,18H,5-7,10,15H2,1-4H3. The van der Waals surface area contributed by atoms with Gasteiger partial charge < -0.3 is 4.90 Å². The van der Waals surface area contributed by atoms with Crippen LogP contribution in [-0.4, -0.2) is 31.8 Å². The monoisotopic (exact) mass is 450 g/mol. The van der Waals surface area contributed by atoms with E-state index in [4.69, 9.17) is 4.98 Å². The van der Waals surface area contributed by atoms with Crippen LogP contribution in [0.5, 0.6) is 0 Å². The Balaban J connectivity index is 2.09. The van der Waals surface area contributed by atoms with E-state index in [2.05, 4.69) is 6.92 Å². The first kappa shape index (κ1) is 24.1. The summed E-state index contributed by atoms with van der Waals surface area (Å²) in [6.07, 6.45) is 2.71. The molecule has 1 amide bonds. The van der Waals surface area contributed by atoms with E-state index in [9.17, 15) is 19.7 Å². The molecular formula is C25H30N4O4. The summed E-state index contributed by atoms with van der Waals surface area (Å²) in [6, 6.07) is 11.2. The molecule has 8 heteroatoms. The van der Waals surface area contributed by atoms with Crippen LogP contribution in [0.15, 0.2) is 47.3 Å². The number of para-hydroxylation sites is 1. The molecule has 2 aromatic carbocycles. The molecule has 0 saturated carbocycles. The Morgan fingerprint density at radius 3 is 2.58 bits per heavy atom. The zero-order valence-electron chi connectivity index (χ0n) is 19.6. The zero-order valence-corrected chi connectivity index (χ0v) is 19.6. The Bertz CT molecular complexity index is 1230. The van der Waals surface area contributed by atoms with E-state index >= 15 is 0 Å². The van der Waals surface area contributed by atoms with E-state index in [0.717, 1.165) is 19.3 Å². The highest BCUT2D eigenvalue weighted by Crippen LogP contribution is 2.26. The number of hydrogen-bond donors (Lipinski definition) is 0. The van der Waals surface area contributed by atoms with Crippen molar-refractivity contribution >= 4 is 22.5 Å². The van der Waals surface area contributed by atoms with Crippen LogP contribution >= 0.6 is 0 Å². The van der Waals surface area contributed by atoms with E-state index < -0.39 is 11.0 Å². The Morgan fingerprint density at radius 1 is 1.18 bits per heavy atom. The number of nitrogens with zero attached hydrogens (tertiary/aromatic N) is 4. The number of carbonyl (C=O) groups is 1. The van der Waals surface area contributed by atoms with Crippen LogP contribution in [0.1, 0.15) is 67.8 Å². The highest BCUT2D eigenvalue weighted by molar-refractivity contribution is 5.95. The van der Waals surface area contributed by atoms with Crippen molar-refractivity contribution in [3.05, 3.63) is 79.9 Å². The quantitative estimate of drug-likeness (QED) is 0.259. The first-order valence-electron chi connectivity index (χ1n) is 11.4. The van der Waals surface area contributed by atoms with E-state index in [1.807, 2.05) is 19.9 Å². The fourth-order valence-electron chi connectivity index (χ4n) is 4.06. The van der Waals surface area contributed by atoms with Crippen LogP contribution in [0.3, 0.4) is 0 Å². The van der Waals surface area contributed by atoms with Crippen molar-refractivity contribution < 1.29 is 9.72 Å². The predicted molar refractivity (Wildman–Crippen MR) is 128 cm³/mol. The molecule has 1 unspecified atom stereocenters. The molecule has 3 rings (SSSR count). The predicted octanol–water partition coefficient (Wildman–Crippen LogP) is 5.03. The van der Waals surface area contributed by atoms with Gasteiger partial charge in [0.05, 0.1) is 21.9 Å². The number of nitro benzene ring substituents is 1. The number of benzene rings is 2. The van der Waals surface area contributed by atoms with E-state index in [0.29, 0.717) is 35.4 Å². The first-order valence-corrected chi connectivity index (χ1v) is 11.4. The normalized spacial score (nSPS) is 12.0. The van der Waals surface area contributed by atoms with Crippen molar-refractivity contribution in [3.8, 4) is 0 Å². The third-order valence-electron chi connectivity index (χ3n) is 5.96. The maximum absolute atomic E-state index is 13.6. The number of nitro groups is 1. The molecule has 33 heavy (non-hydrogen) atoms. The van der Waals surface area contributed by atoms with Gasteiger partial charge in [-0.3, -0.25) is 24.3 Å². The molecule has 1 heterocycles. The van der Waals surface area contributed by atoms with Gasteiger partial charge in [0.2, 0.25) is 0 Å². The summed E-state index contributed by atoms with van der Waals surface area (Å²) in [5, 5.41) is 11.9. The molecule has 0 aliphatic heterocycles. The van der Waals surface area contributed by atoms with Gasteiger partial charge in [0, 0.05) is 30.3 Å². The lowest BCUT2D eigenvalue weighted by Gasteiger charge is -2.30. The minimum absolute atomic E-state index is 0.0868. The molecule has 0 aliphatic rings. The van der Waals surface area contributed by atoms with Gasteiger partial charge in [-0.15, -0.1) is 0 Å². The van der Waals surface area contributed by atoms with Crippen LogP contribution in [0.25, 0.3) is 10.9 Å². The third kappa shape index (κ3) is 4.94. The molecule has 0 fully saturated rings. The van der Waals surface area contributed by atoms with Gasteiger partial charge in [0.25, 0.3) is 17.2 Å². The number of aryl methyl sites for hydroxylation is 1. The maximum Gasteiger partial charge on any atom is 0.273 e. The summed E-state index contributed by atoms with van der Waals surface area (Å²) in [5.41, 5.74) is 1.11.